The van der Waals surface area contributed by atoms with Crippen molar-refractivity contribution in [2.24, 2.45) is 5.92 Å². The van der Waals surface area contributed by atoms with Gasteiger partial charge in [-0.25, -0.2) is 9.59 Å². The molecule has 3 saturated heterocycles. The van der Waals surface area contributed by atoms with Crippen molar-refractivity contribution in [1.82, 2.24) is 9.80 Å². The number of hydrogen-bond donors (Lipinski definition) is 1. The Kier molecular flexibility index (Phi) is 14.8. The monoisotopic (exact) mass is 636 g/mol. The highest BCUT2D eigenvalue weighted by atomic mass is 16.6. The molecule has 2 aromatic carbocycles. The summed E-state index contributed by atoms with van der Waals surface area (Å²) in [6.45, 7) is 5.08. The lowest BCUT2D eigenvalue weighted by molar-refractivity contribution is -0.119. The first-order valence-corrected chi connectivity index (χ1v) is 17.2. The molecule has 2 aromatic rings. The van der Waals surface area contributed by atoms with Crippen LogP contribution in [0, 0.1) is 5.92 Å². The maximum absolute atomic E-state index is 12.3. The summed E-state index contributed by atoms with van der Waals surface area (Å²) >= 11 is 0. The maximum atomic E-state index is 12.3. The van der Waals surface area contributed by atoms with E-state index < -0.39 is 5.60 Å². The molecule has 6 rings (SSSR count). The lowest BCUT2D eigenvalue weighted by Gasteiger charge is -2.34. The largest absolute Gasteiger partial charge is 0.445 e. The van der Waals surface area contributed by atoms with Gasteiger partial charge in [0.2, 0.25) is 0 Å². The molecule has 9 heteroatoms. The molecule has 0 spiro atoms. The number of likely N-dealkylation sites (tertiary alicyclic amines) is 2. The van der Waals surface area contributed by atoms with Crippen LogP contribution in [0.2, 0.25) is 0 Å². The Hall–Kier alpha value is -3.43. The van der Waals surface area contributed by atoms with Crippen LogP contribution in [0.5, 0.6) is 0 Å². The maximum Gasteiger partial charge on any atom is 0.410 e. The van der Waals surface area contributed by atoms with E-state index in [0.29, 0.717) is 51.4 Å². The van der Waals surface area contributed by atoms with E-state index >= 15 is 0 Å². The molecular formula is C37H52N2O7. The number of carbonyl (C=O) groups is 3. The van der Waals surface area contributed by atoms with Crippen molar-refractivity contribution in [2.45, 2.75) is 95.9 Å². The summed E-state index contributed by atoms with van der Waals surface area (Å²) in [6.07, 6.45) is 10.5. The molecule has 9 nitrogen and oxygen atoms in total. The van der Waals surface area contributed by atoms with Crippen LogP contribution in [-0.4, -0.2) is 77.9 Å². The molecule has 252 valence electrons. The fourth-order valence-electron chi connectivity index (χ4n) is 5.95. The van der Waals surface area contributed by atoms with Crippen LogP contribution in [-0.2, 0) is 32.2 Å². The van der Waals surface area contributed by atoms with Crippen molar-refractivity contribution in [3.05, 3.63) is 71.8 Å². The third-order valence-corrected chi connectivity index (χ3v) is 8.99. The van der Waals surface area contributed by atoms with Crippen LogP contribution in [0.15, 0.2) is 60.7 Å². The lowest BCUT2D eigenvalue weighted by atomic mass is 9.86. The summed E-state index contributed by atoms with van der Waals surface area (Å²) in [7, 11) is 0. The number of ketones is 1. The quantitative estimate of drug-likeness (QED) is 0.380. The molecule has 1 N–H and O–H groups in total. The van der Waals surface area contributed by atoms with Gasteiger partial charge in [-0.05, 0) is 81.3 Å². The third kappa shape index (κ3) is 12.8. The summed E-state index contributed by atoms with van der Waals surface area (Å²) in [6, 6.07) is 19.3. The summed E-state index contributed by atoms with van der Waals surface area (Å²) in [5.74, 6) is 0.688. The van der Waals surface area contributed by atoms with Gasteiger partial charge in [0.25, 0.3) is 0 Å². The van der Waals surface area contributed by atoms with Gasteiger partial charge in [-0.15, -0.1) is 0 Å². The fraction of sp³-hybridized carbons (Fsp3) is 0.595. The summed E-state index contributed by atoms with van der Waals surface area (Å²) < 4.78 is 15.6. The Bertz CT molecular complexity index is 1180. The van der Waals surface area contributed by atoms with Crippen LogP contribution in [0.25, 0.3) is 0 Å². The van der Waals surface area contributed by atoms with E-state index in [1.54, 1.807) is 9.80 Å². The van der Waals surface area contributed by atoms with Crippen LogP contribution in [0.4, 0.5) is 9.59 Å². The number of ether oxygens (including phenoxy) is 3. The number of benzene rings is 2. The van der Waals surface area contributed by atoms with Gasteiger partial charge in [-0.1, -0.05) is 60.7 Å². The van der Waals surface area contributed by atoms with E-state index in [2.05, 4.69) is 0 Å². The molecule has 1 aliphatic carbocycles. The molecule has 0 radical (unpaired) electrons. The van der Waals surface area contributed by atoms with Gasteiger partial charge in [0.15, 0.2) is 0 Å². The highest BCUT2D eigenvalue weighted by molar-refractivity contribution is 5.79. The highest BCUT2D eigenvalue weighted by Gasteiger charge is 2.43. The topological polar surface area (TPSA) is 106 Å². The normalized spacial score (nSPS) is 22.0. The fourth-order valence-corrected chi connectivity index (χ4v) is 5.95. The van der Waals surface area contributed by atoms with Gasteiger partial charge >= 0.3 is 12.2 Å². The molecule has 3 aliphatic heterocycles. The summed E-state index contributed by atoms with van der Waals surface area (Å²) in [4.78, 5) is 39.0. The minimum atomic E-state index is -0.557. The van der Waals surface area contributed by atoms with E-state index in [1.807, 2.05) is 60.7 Å². The van der Waals surface area contributed by atoms with Gasteiger partial charge in [0.1, 0.15) is 19.0 Å². The average molecular weight is 637 g/mol. The molecule has 4 fully saturated rings. The second-order valence-electron chi connectivity index (χ2n) is 12.7. The molecule has 2 amide bonds. The number of amides is 2. The predicted molar refractivity (Wildman–Crippen MR) is 176 cm³/mol. The molecule has 0 aromatic heterocycles. The van der Waals surface area contributed by atoms with Crippen molar-refractivity contribution >= 4 is 18.0 Å². The standard InChI is InChI=1S/C18H25NO3.C15H19NO3.C4H8O/c20-17(22-14-15-6-2-1-3-7-15)19-12-5-4-10-18(21,11-13-19)16-8-9-16;17-14-8-4-5-10-16(11-9-14)15(18)19-12-13-6-2-1-3-7-13;1-2-4-5-3-1/h1-3,6-7,16,21H,4-5,8-14H2;1-3,6-7H,4-5,8-12H2;1-4H2. The average Bonchev–Trinajstić information content (AvgIpc) is 3.76. The van der Waals surface area contributed by atoms with Crippen LogP contribution in [0.1, 0.15) is 88.2 Å². The van der Waals surface area contributed by atoms with Gasteiger partial charge in [0.05, 0.1) is 5.60 Å². The molecule has 3 heterocycles. The number of carbonyl (C=O) groups excluding carboxylic acids is 3. The van der Waals surface area contributed by atoms with Crippen LogP contribution >= 0.6 is 0 Å². The number of Topliss-reactive ketones (excluding diaryl/α,β-unsaturated/α-hetero) is 1. The van der Waals surface area contributed by atoms with E-state index in [-0.39, 0.29) is 24.6 Å². The molecule has 1 atom stereocenters. The van der Waals surface area contributed by atoms with Crippen molar-refractivity contribution in [3.8, 4) is 0 Å². The zero-order valence-corrected chi connectivity index (χ0v) is 27.3. The minimum absolute atomic E-state index is 0.237. The smallest absolute Gasteiger partial charge is 0.410 e. The Balaban J connectivity index is 0.000000183. The van der Waals surface area contributed by atoms with E-state index in [0.717, 1.165) is 75.8 Å². The molecule has 46 heavy (non-hydrogen) atoms. The van der Waals surface area contributed by atoms with Crippen molar-refractivity contribution in [2.75, 3.05) is 39.4 Å². The summed E-state index contributed by atoms with van der Waals surface area (Å²) in [5.41, 5.74) is 1.41. The molecule has 0 bridgehead atoms. The van der Waals surface area contributed by atoms with E-state index in [1.165, 1.54) is 12.8 Å². The first-order valence-electron chi connectivity index (χ1n) is 17.2. The second-order valence-corrected chi connectivity index (χ2v) is 12.7. The number of aliphatic hydroxyl groups is 1. The summed E-state index contributed by atoms with van der Waals surface area (Å²) in [5, 5.41) is 10.7. The molecule has 1 saturated carbocycles. The van der Waals surface area contributed by atoms with Gasteiger partial charge in [-0.3, -0.25) is 4.79 Å². The van der Waals surface area contributed by atoms with Crippen LogP contribution in [0.3, 0.4) is 0 Å². The minimum Gasteiger partial charge on any atom is -0.445 e. The predicted octanol–water partition coefficient (Wildman–Crippen LogP) is 6.91. The first kappa shape index (κ1) is 35.4. The number of hydrogen-bond acceptors (Lipinski definition) is 7. The second kappa shape index (κ2) is 19.3. The van der Waals surface area contributed by atoms with Gasteiger partial charge < -0.3 is 29.1 Å². The molecule has 1 unspecified atom stereocenters. The highest BCUT2D eigenvalue weighted by Crippen LogP contribution is 2.44. The van der Waals surface area contributed by atoms with Crippen molar-refractivity contribution < 1.29 is 33.7 Å². The Morgan fingerprint density at radius 1 is 0.696 bits per heavy atom. The number of nitrogens with zero attached hydrogens (tertiary/aromatic N) is 2. The van der Waals surface area contributed by atoms with Crippen molar-refractivity contribution in [3.63, 3.8) is 0 Å². The van der Waals surface area contributed by atoms with Gasteiger partial charge in [-0.2, -0.15) is 0 Å². The lowest BCUT2D eigenvalue weighted by Crippen LogP contribution is -2.42. The SMILES string of the molecule is C1CCOC1.O=C(OCc1ccccc1)N1CCCCC(O)(C2CC2)CC1.O=C1CCCCN(C(=O)OCc2ccccc2)CC1. The zero-order chi connectivity index (χ0) is 32.5. The zero-order valence-electron chi connectivity index (χ0n) is 27.3. The number of rotatable bonds is 5. The first-order chi connectivity index (χ1) is 22.4. The van der Waals surface area contributed by atoms with Crippen LogP contribution < -0.4 is 0 Å². The Morgan fingerprint density at radius 3 is 1.76 bits per heavy atom. The van der Waals surface area contributed by atoms with Crippen molar-refractivity contribution in [1.29, 1.82) is 0 Å². The Morgan fingerprint density at radius 2 is 1.24 bits per heavy atom. The van der Waals surface area contributed by atoms with E-state index in [4.69, 9.17) is 14.2 Å². The molecular weight excluding hydrogens is 584 g/mol. The molecule has 4 aliphatic rings. The Labute approximate surface area is 274 Å². The van der Waals surface area contributed by atoms with E-state index in [9.17, 15) is 19.5 Å². The third-order valence-electron chi connectivity index (χ3n) is 8.99. The van der Waals surface area contributed by atoms with Gasteiger partial charge in [0, 0.05) is 52.2 Å².